The number of carbonyl (C=O) groups is 1. The van der Waals surface area contributed by atoms with Crippen molar-refractivity contribution in [2.24, 2.45) is 0 Å². The maximum Gasteiger partial charge on any atom is 0.235 e. The van der Waals surface area contributed by atoms with Crippen molar-refractivity contribution in [1.29, 1.82) is 0 Å². The zero-order valence-electron chi connectivity index (χ0n) is 11.4. The van der Waals surface area contributed by atoms with Crippen molar-refractivity contribution < 1.29 is 4.79 Å². The van der Waals surface area contributed by atoms with Crippen LogP contribution in [0.15, 0.2) is 54.6 Å². The number of fused-ring (bicyclic) bond motifs is 2. The molecule has 1 aliphatic heterocycles. The molecule has 1 unspecified atom stereocenters. The number of likely N-dealkylation sites (tertiary alicyclic amines) is 1. The summed E-state index contributed by atoms with van der Waals surface area (Å²) in [5.74, 6) is 0.311. The van der Waals surface area contributed by atoms with Crippen LogP contribution in [0.2, 0.25) is 0 Å². The Morgan fingerprint density at radius 3 is 2.55 bits per heavy atom. The monoisotopic (exact) mass is 263 g/mol. The van der Waals surface area contributed by atoms with Gasteiger partial charge < -0.3 is 4.90 Å². The highest BCUT2D eigenvalue weighted by Gasteiger charge is 2.55. The van der Waals surface area contributed by atoms with Gasteiger partial charge in [-0.2, -0.15) is 0 Å². The van der Waals surface area contributed by atoms with Crippen LogP contribution in [0.3, 0.4) is 0 Å². The van der Waals surface area contributed by atoms with Crippen molar-refractivity contribution >= 4 is 5.91 Å². The Morgan fingerprint density at radius 1 is 1.00 bits per heavy atom. The lowest BCUT2D eigenvalue weighted by atomic mass is 9.73. The smallest absolute Gasteiger partial charge is 0.235 e. The van der Waals surface area contributed by atoms with Gasteiger partial charge in [-0.25, -0.2) is 0 Å². The minimum atomic E-state index is -0.203. The van der Waals surface area contributed by atoms with Gasteiger partial charge in [0.15, 0.2) is 0 Å². The van der Waals surface area contributed by atoms with E-state index in [4.69, 9.17) is 0 Å². The largest absolute Gasteiger partial charge is 0.336 e. The first-order valence-corrected chi connectivity index (χ1v) is 7.21. The lowest BCUT2D eigenvalue weighted by molar-refractivity contribution is -0.152. The van der Waals surface area contributed by atoms with Crippen molar-refractivity contribution in [1.82, 2.24) is 4.90 Å². The average molecular weight is 263 g/mol. The van der Waals surface area contributed by atoms with Gasteiger partial charge in [0.1, 0.15) is 0 Å². The number of aryl methyl sites for hydroxylation is 1. The van der Waals surface area contributed by atoms with Crippen molar-refractivity contribution in [3.05, 3.63) is 71.3 Å². The molecule has 2 aromatic carbocycles. The van der Waals surface area contributed by atoms with E-state index in [0.717, 1.165) is 25.9 Å². The summed E-state index contributed by atoms with van der Waals surface area (Å²) in [6.07, 6.45) is 2.03. The zero-order valence-corrected chi connectivity index (χ0v) is 11.4. The molecule has 20 heavy (non-hydrogen) atoms. The summed E-state index contributed by atoms with van der Waals surface area (Å²) in [6.45, 7) is 1.61. The molecule has 0 aromatic heterocycles. The minimum Gasteiger partial charge on any atom is -0.336 e. The van der Waals surface area contributed by atoms with E-state index in [9.17, 15) is 4.79 Å². The third-order valence-corrected chi connectivity index (χ3v) is 4.73. The van der Waals surface area contributed by atoms with E-state index in [1.54, 1.807) is 0 Å². The van der Waals surface area contributed by atoms with Gasteiger partial charge in [-0.05, 0) is 29.5 Å². The summed E-state index contributed by atoms with van der Waals surface area (Å²) in [7, 11) is 0. The van der Waals surface area contributed by atoms with Gasteiger partial charge in [-0.15, -0.1) is 0 Å². The second-order valence-electron chi connectivity index (χ2n) is 5.89. The lowest BCUT2D eigenvalue weighted by Crippen LogP contribution is -2.62. The quantitative estimate of drug-likeness (QED) is 0.763. The van der Waals surface area contributed by atoms with E-state index >= 15 is 0 Å². The third kappa shape index (κ3) is 1.54. The maximum absolute atomic E-state index is 12.7. The highest BCUT2D eigenvalue weighted by Crippen LogP contribution is 2.46. The second kappa shape index (κ2) is 4.20. The number of benzene rings is 2. The number of amides is 1. The summed E-state index contributed by atoms with van der Waals surface area (Å²) in [5.41, 5.74) is 3.64. The Morgan fingerprint density at radius 2 is 1.75 bits per heavy atom. The Kier molecular flexibility index (Phi) is 2.46. The van der Waals surface area contributed by atoms with Crippen molar-refractivity contribution in [2.75, 3.05) is 6.54 Å². The molecule has 1 spiro atoms. The molecule has 0 bridgehead atoms. The molecule has 2 aliphatic rings. The predicted molar refractivity (Wildman–Crippen MR) is 78.3 cm³/mol. The molecule has 1 amide bonds. The summed E-state index contributed by atoms with van der Waals surface area (Å²) >= 11 is 0. The fourth-order valence-corrected chi connectivity index (χ4v) is 3.68. The zero-order chi connectivity index (χ0) is 13.6. The first kappa shape index (κ1) is 11.7. The molecule has 0 N–H and O–H groups in total. The molecule has 1 aliphatic carbocycles. The molecule has 1 saturated heterocycles. The van der Waals surface area contributed by atoms with Crippen LogP contribution in [0.4, 0.5) is 0 Å². The van der Waals surface area contributed by atoms with E-state index in [1.807, 2.05) is 23.1 Å². The Labute approximate surface area is 119 Å². The number of rotatable bonds is 2. The standard InChI is InChI=1S/C18H17NO/c20-17-18(11-10-15-8-4-5-9-16(15)18)13-19(17)12-14-6-2-1-3-7-14/h1-9H,10-13H2. The van der Waals surface area contributed by atoms with Crippen LogP contribution in [-0.2, 0) is 23.2 Å². The summed E-state index contributed by atoms with van der Waals surface area (Å²) in [4.78, 5) is 14.7. The van der Waals surface area contributed by atoms with Crippen LogP contribution in [0.1, 0.15) is 23.1 Å². The van der Waals surface area contributed by atoms with Gasteiger partial charge in [0.2, 0.25) is 5.91 Å². The molecule has 1 atom stereocenters. The molecule has 0 radical (unpaired) electrons. The fourth-order valence-electron chi connectivity index (χ4n) is 3.68. The van der Waals surface area contributed by atoms with Gasteiger partial charge in [-0.1, -0.05) is 54.6 Å². The molecule has 2 aromatic rings. The number of hydrogen-bond donors (Lipinski definition) is 0. The van der Waals surface area contributed by atoms with E-state index in [2.05, 4.69) is 36.4 Å². The number of carbonyl (C=O) groups excluding carboxylic acids is 1. The van der Waals surface area contributed by atoms with Crippen molar-refractivity contribution in [2.45, 2.75) is 24.8 Å². The number of nitrogens with zero attached hydrogens (tertiary/aromatic N) is 1. The van der Waals surface area contributed by atoms with Crippen molar-refractivity contribution in [3.63, 3.8) is 0 Å². The summed E-state index contributed by atoms with van der Waals surface area (Å²) in [6, 6.07) is 18.7. The molecule has 2 nitrogen and oxygen atoms in total. The van der Waals surface area contributed by atoms with Gasteiger partial charge in [0.25, 0.3) is 0 Å². The molecule has 1 heterocycles. The molecular weight excluding hydrogens is 246 g/mol. The van der Waals surface area contributed by atoms with E-state index in [1.165, 1.54) is 16.7 Å². The van der Waals surface area contributed by atoms with E-state index in [-0.39, 0.29) is 5.41 Å². The summed E-state index contributed by atoms with van der Waals surface area (Å²) < 4.78 is 0. The SMILES string of the molecule is O=C1N(Cc2ccccc2)CC12CCc1ccccc12. The van der Waals surface area contributed by atoms with Crippen molar-refractivity contribution in [3.8, 4) is 0 Å². The first-order valence-electron chi connectivity index (χ1n) is 7.21. The van der Waals surface area contributed by atoms with Crippen LogP contribution in [0.25, 0.3) is 0 Å². The van der Waals surface area contributed by atoms with Crippen LogP contribution < -0.4 is 0 Å². The second-order valence-corrected chi connectivity index (χ2v) is 5.89. The van der Waals surface area contributed by atoms with E-state index in [0.29, 0.717) is 5.91 Å². The first-order chi connectivity index (χ1) is 9.79. The van der Waals surface area contributed by atoms with Crippen LogP contribution in [0.5, 0.6) is 0 Å². The minimum absolute atomic E-state index is 0.203. The number of hydrogen-bond acceptors (Lipinski definition) is 1. The molecule has 100 valence electrons. The van der Waals surface area contributed by atoms with Gasteiger partial charge >= 0.3 is 0 Å². The molecule has 2 heteroatoms. The van der Waals surface area contributed by atoms with Gasteiger partial charge in [0.05, 0.1) is 5.41 Å². The average Bonchev–Trinajstić information content (AvgIpc) is 2.89. The number of β-lactam (4-membered cyclic amide) rings is 1. The van der Waals surface area contributed by atoms with Crippen LogP contribution in [0, 0.1) is 0 Å². The highest BCUT2D eigenvalue weighted by molar-refractivity contribution is 5.95. The normalized spacial score (nSPS) is 23.8. The Bertz CT molecular complexity index is 664. The third-order valence-electron chi connectivity index (χ3n) is 4.73. The Hall–Kier alpha value is -2.09. The van der Waals surface area contributed by atoms with Crippen LogP contribution in [-0.4, -0.2) is 17.4 Å². The Balaban J connectivity index is 1.57. The molecule has 1 fully saturated rings. The summed E-state index contributed by atoms with van der Waals surface area (Å²) in [5, 5.41) is 0. The van der Waals surface area contributed by atoms with Gasteiger partial charge in [-0.3, -0.25) is 4.79 Å². The highest BCUT2D eigenvalue weighted by atomic mass is 16.2. The van der Waals surface area contributed by atoms with Crippen LogP contribution >= 0.6 is 0 Å². The molecule has 4 rings (SSSR count). The molecular formula is C18H17NO. The van der Waals surface area contributed by atoms with Gasteiger partial charge in [0, 0.05) is 13.1 Å². The fraction of sp³-hybridized carbons (Fsp3) is 0.278. The lowest BCUT2D eigenvalue weighted by Gasteiger charge is -2.47. The topological polar surface area (TPSA) is 20.3 Å². The molecule has 0 saturated carbocycles. The maximum atomic E-state index is 12.7. The van der Waals surface area contributed by atoms with E-state index < -0.39 is 0 Å². The predicted octanol–water partition coefficient (Wildman–Crippen LogP) is 2.91.